The summed E-state index contributed by atoms with van der Waals surface area (Å²) in [6.07, 6.45) is 15.0. The highest BCUT2D eigenvalue weighted by molar-refractivity contribution is 6.02. The van der Waals surface area contributed by atoms with Gasteiger partial charge in [0.1, 0.15) is 11.6 Å². The molecular formula is C25H37N3O2. The molecule has 1 aromatic carbocycles. The van der Waals surface area contributed by atoms with Gasteiger partial charge in [0.05, 0.1) is 7.11 Å². The number of nitrogens with zero attached hydrogens (tertiary/aromatic N) is 2. The predicted molar refractivity (Wildman–Crippen MR) is 127 cm³/mol. The molecule has 0 aromatic heterocycles. The fourth-order valence-electron chi connectivity index (χ4n) is 4.54. The zero-order chi connectivity index (χ0) is 20.8. The summed E-state index contributed by atoms with van der Waals surface area (Å²) >= 11 is 0. The SMILES string of the molecule is COc1ccccc1CCC(=O)NC1CCCN(C2=NC=CCC3=C2C=CCC3)C1.[HH].[HH].[HH]. The number of ether oxygens (including phenoxy) is 1. The van der Waals surface area contributed by atoms with Crippen LogP contribution >= 0.6 is 0 Å². The number of carbonyl (C=O) groups excluding carboxylic acids is 1. The van der Waals surface area contributed by atoms with Gasteiger partial charge < -0.3 is 15.0 Å². The number of hydrogen-bond acceptors (Lipinski definition) is 4. The number of carbonyl (C=O) groups is 1. The Bertz CT molecular complexity index is 912. The number of benzene rings is 1. The van der Waals surface area contributed by atoms with Gasteiger partial charge in [-0.15, -0.1) is 0 Å². The van der Waals surface area contributed by atoms with Gasteiger partial charge in [-0.05, 0) is 50.2 Å². The molecule has 3 aliphatic rings. The molecule has 2 aliphatic heterocycles. The first kappa shape index (κ1) is 20.5. The van der Waals surface area contributed by atoms with Crippen LogP contribution < -0.4 is 10.1 Å². The average molecular weight is 412 g/mol. The second-order valence-electron chi connectivity index (χ2n) is 8.16. The smallest absolute Gasteiger partial charge is 0.220 e. The first-order valence-corrected chi connectivity index (χ1v) is 11.0. The van der Waals surface area contributed by atoms with Gasteiger partial charge in [-0.1, -0.05) is 42.0 Å². The summed E-state index contributed by atoms with van der Waals surface area (Å²) in [5, 5.41) is 3.25. The van der Waals surface area contributed by atoms with Crippen molar-refractivity contribution in [3.05, 3.63) is 65.4 Å². The van der Waals surface area contributed by atoms with Gasteiger partial charge in [-0.25, -0.2) is 4.99 Å². The quantitative estimate of drug-likeness (QED) is 0.749. The normalized spacial score (nSPS) is 21.0. The van der Waals surface area contributed by atoms with Crippen molar-refractivity contribution in [2.75, 3.05) is 20.2 Å². The highest BCUT2D eigenvalue weighted by Gasteiger charge is 2.26. The van der Waals surface area contributed by atoms with Gasteiger partial charge in [0, 0.05) is 41.6 Å². The second-order valence-corrected chi connectivity index (χ2v) is 8.16. The van der Waals surface area contributed by atoms with Crippen molar-refractivity contribution >= 4 is 11.7 Å². The molecule has 1 aromatic rings. The Morgan fingerprint density at radius 2 is 2.23 bits per heavy atom. The molecule has 5 heteroatoms. The predicted octanol–water partition coefficient (Wildman–Crippen LogP) is 4.91. The molecule has 0 radical (unpaired) electrons. The molecule has 1 unspecified atom stereocenters. The molecule has 1 fully saturated rings. The van der Waals surface area contributed by atoms with Crippen molar-refractivity contribution in [1.82, 2.24) is 10.2 Å². The average Bonchev–Trinajstić information content (AvgIpc) is 3.01. The maximum atomic E-state index is 12.6. The van der Waals surface area contributed by atoms with Gasteiger partial charge in [0.15, 0.2) is 0 Å². The lowest BCUT2D eigenvalue weighted by Gasteiger charge is -2.36. The van der Waals surface area contributed by atoms with Gasteiger partial charge in [-0.2, -0.15) is 0 Å². The number of aliphatic imine (C=N–C) groups is 1. The van der Waals surface area contributed by atoms with Crippen molar-refractivity contribution in [2.24, 2.45) is 4.99 Å². The zero-order valence-electron chi connectivity index (χ0n) is 17.8. The number of amides is 1. The van der Waals surface area contributed by atoms with E-state index in [2.05, 4.69) is 28.4 Å². The van der Waals surface area contributed by atoms with Crippen LogP contribution in [0.3, 0.4) is 0 Å². The topological polar surface area (TPSA) is 53.9 Å². The van der Waals surface area contributed by atoms with E-state index in [9.17, 15) is 4.79 Å². The highest BCUT2D eigenvalue weighted by atomic mass is 16.5. The third-order valence-electron chi connectivity index (χ3n) is 6.09. The largest absolute Gasteiger partial charge is 0.496 e. The molecule has 0 bridgehead atoms. The van der Waals surface area contributed by atoms with E-state index in [0.29, 0.717) is 12.8 Å². The molecule has 1 N–H and O–H groups in total. The van der Waals surface area contributed by atoms with Crippen molar-refractivity contribution < 1.29 is 13.8 Å². The summed E-state index contributed by atoms with van der Waals surface area (Å²) in [5.41, 5.74) is 3.84. The maximum Gasteiger partial charge on any atom is 0.220 e. The lowest BCUT2D eigenvalue weighted by Crippen LogP contribution is -2.50. The fourth-order valence-corrected chi connectivity index (χ4v) is 4.54. The number of para-hydroxylation sites is 1. The fraction of sp³-hybridized carbons (Fsp3) is 0.440. The number of methoxy groups -OCH3 is 1. The van der Waals surface area contributed by atoms with Crippen molar-refractivity contribution in [3.63, 3.8) is 0 Å². The number of likely N-dealkylation sites (tertiary alicyclic amines) is 1. The third-order valence-corrected chi connectivity index (χ3v) is 6.09. The number of amidine groups is 1. The number of rotatable bonds is 5. The van der Waals surface area contributed by atoms with Crippen molar-refractivity contribution in [1.29, 1.82) is 0 Å². The zero-order valence-corrected chi connectivity index (χ0v) is 17.8. The molecule has 1 aliphatic carbocycles. The van der Waals surface area contributed by atoms with Crippen molar-refractivity contribution in [3.8, 4) is 5.75 Å². The van der Waals surface area contributed by atoms with Crippen LogP contribution in [0.1, 0.15) is 48.4 Å². The molecule has 30 heavy (non-hydrogen) atoms. The number of piperidine rings is 1. The first-order valence-electron chi connectivity index (χ1n) is 11.0. The molecule has 2 heterocycles. The summed E-state index contributed by atoms with van der Waals surface area (Å²) in [5.74, 6) is 2.02. The molecule has 1 amide bonds. The minimum absolute atomic E-state index is 0. The summed E-state index contributed by atoms with van der Waals surface area (Å²) in [7, 11) is 1.67. The number of hydrogen-bond donors (Lipinski definition) is 1. The molecule has 5 nitrogen and oxygen atoms in total. The molecule has 4 rings (SSSR count). The van der Waals surface area contributed by atoms with Gasteiger partial charge in [0.2, 0.25) is 5.91 Å². The monoisotopic (exact) mass is 411 g/mol. The number of allylic oxidation sites excluding steroid dienone is 3. The Balaban J connectivity index is 0.00000181. The highest BCUT2D eigenvalue weighted by Crippen LogP contribution is 2.28. The standard InChI is InChI=1S/C25H31N3O2.3H2/c1-30-23-13-5-3-9-20(23)14-15-24(29)27-21-11-7-17-28(18-21)25-22-12-4-2-8-19(22)10-6-16-26-25;;;/h3-6,9,12-13,16,21H,2,7-8,10-11,14-15,17-18H2,1H3,(H,27,29);3*1H. The van der Waals surface area contributed by atoms with E-state index in [1.165, 1.54) is 11.1 Å². The van der Waals surface area contributed by atoms with Crippen LogP contribution in [0, 0.1) is 0 Å². The van der Waals surface area contributed by atoms with E-state index in [4.69, 9.17) is 9.73 Å². The summed E-state index contributed by atoms with van der Waals surface area (Å²) < 4.78 is 5.40. The number of aryl methyl sites for hydroxylation is 1. The molecule has 1 atom stereocenters. The first-order chi connectivity index (χ1) is 14.7. The maximum absolute atomic E-state index is 12.6. The Morgan fingerprint density at radius 3 is 3.13 bits per heavy atom. The Labute approximate surface area is 183 Å². The molecule has 0 saturated carbocycles. The molecular weight excluding hydrogens is 374 g/mol. The molecule has 0 spiro atoms. The van der Waals surface area contributed by atoms with E-state index >= 15 is 0 Å². The molecule has 164 valence electrons. The lowest BCUT2D eigenvalue weighted by atomic mass is 9.93. The van der Waals surface area contributed by atoms with Crippen LogP contribution in [-0.2, 0) is 11.2 Å². The van der Waals surface area contributed by atoms with E-state index in [1.807, 2.05) is 30.5 Å². The van der Waals surface area contributed by atoms with E-state index in [1.54, 1.807) is 7.11 Å². The lowest BCUT2D eigenvalue weighted by molar-refractivity contribution is -0.122. The van der Waals surface area contributed by atoms with Crippen LogP contribution in [0.4, 0.5) is 0 Å². The summed E-state index contributed by atoms with van der Waals surface area (Å²) in [6, 6.07) is 8.06. The van der Waals surface area contributed by atoms with Crippen LogP contribution in [-0.4, -0.2) is 42.9 Å². The van der Waals surface area contributed by atoms with Crippen LogP contribution in [0.2, 0.25) is 0 Å². The Hall–Kier alpha value is -2.82. The van der Waals surface area contributed by atoms with Gasteiger partial charge in [0.25, 0.3) is 0 Å². The number of nitrogens with one attached hydrogen (secondary N) is 1. The van der Waals surface area contributed by atoms with E-state index in [-0.39, 0.29) is 16.2 Å². The van der Waals surface area contributed by atoms with Gasteiger partial charge >= 0.3 is 0 Å². The van der Waals surface area contributed by atoms with Crippen LogP contribution in [0.25, 0.3) is 0 Å². The van der Waals surface area contributed by atoms with Crippen molar-refractivity contribution in [2.45, 2.75) is 51.0 Å². The van der Waals surface area contributed by atoms with Crippen LogP contribution in [0.15, 0.2) is 64.8 Å². The summed E-state index contributed by atoms with van der Waals surface area (Å²) in [6.45, 7) is 1.81. The Morgan fingerprint density at radius 1 is 1.33 bits per heavy atom. The second kappa shape index (κ2) is 9.79. The van der Waals surface area contributed by atoms with E-state index < -0.39 is 0 Å². The van der Waals surface area contributed by atoms with Crippen LogP contribution in [0.5, 0.6) is 5.75 Å². The van der Waals surface area contributed by atoms with Gasteiger partial charge in [-0.3, -0.25) is 4.79 Å². The Kier molecular flexibility index (Phi) is 6.67. The summed E-state index contributed by atoms with van der Waals surface area (Å²) in [4.78, 5) is 19.7. The molecule has 1 saturated heterocycles. The minimum atomic E-state index is 0. The van der Waals surface area contributed by atoms with E-state index in [0.717, 1.165) is 62.3 Å². The minimum Gasteiger partial charge on any atom is -0.496 e. The third kappa shape index (κ3) is 4.84.